The van der Waals surface area contributed by atoms with Gasteiger partial charge in [0.25, 0.3) is 0 Å². The summed E-state index contributed by atoms with van der Waals surface area (Å²) in [6.45, 7) is 2.02. The van der Waals surface area contributed by atoms with Crippen LogP contribution in [0.1, 0.15) is 6.92 Å². The molecule has 0 heterocycles. The normalized spacial score (nSPS) is 12.1. The van der Waals surface area contributed by atoms with Crippen LogP contribution >= 0.6 is 0 Å². The lowest BCUT2D eigenvalue weighted by molar-refractivity contribution is 1.19. The SMILES string of the molecule is C/C=C\C(=C/N)N(c1ccc(-c2ccccc2)cc1)c1ccc(-c2ccc3c4c(cccc24)-c2c-3c(-c3ccccc3)c3ccccc3c2-c2ccccc2)cc1. The Morgan fingerprint density at radius 2 is 0.825 bits per heavy atom. The van der Waals surface area contributed by atoms with Crippen molar-refractivity contribution in [1.29, 1.82) is 0 Å². The minimum absolute atomic E-state index is 0.900. The van der Waals surface area contributed by atoms with Crippen LogP contribution in [-0.2, 0) is 0 Å². The lowest BCUT2D eigenvalue weighted by Gasteiger charge is -2.26. The van der Waals surface area contributed by atoms with E-state index >= 15 is 0 Å². The first-order valence-electron chi connectivity index (χ1n) is 19.6. The second-order valence-corrected chi connectivity index (χ2v) is 14.6. The molecule has 1 aliphatic carbocycles. The number of nitrogens with two attached hydrogens (primary N) is 1. The minimum atomic E-state index is 0.900. The van der Waals surface area contributed by atoms with Gasteiger partial charge in [-0.25, -0.2) is 0 Å². The monoisotopic (exact) mass is 728 g/mol. The first kappa shape index (κ1) is 34.1. The van der Waals surface area contributed by atoms with Gasteiger partial charge >= 0.3 is 0 Å². The molecule has 9 aromatic carbocycles. The van der Waals surface area contributed by atoms with Crippen LogP contribution in [0.15, 0.2) is 218 Å². The molecule has 10 rings (SSSR count). The molecule has 1 aliphatic rings. The molecule has 0 spiro atoms. The van der Waals surface area contributed by atoms with Crippen molar-refractivity contribution in [2.75, 3.05) is 4.90 Å². The predicted octanol–water partition coefficient (Wildman–Crippen LogP) is 14.8. The molecule has 0 aromatic heterocycles. The second-order valence-electron chi connectivity index (χ2n) is 14.6. The van der Waals surface area contributed by atoms with Gasteiger partial charge < -0.3 is 10.6 Å². The maximum Gasteiger partial charge on any atom is 0.0612 e. The number of rotatable bonds is 8. The summed E-state index contributed by atoms with van der Waals surface area (Å²) >= 11 is 0. The van der Waals surface area contributed by atoms with Crippen LogP contribution in [0, 0.1) is 0 Å². The van der Waals surface area contributed by atoms with E-state index in [1.165, 1.54) is 88.3 Å². The van der Waals surface area contributed by atoms with Gasteiger partial charge in [0.1, 0.15) is 0 Å². The molecular formula is C55H40N2. The van der Waals surface area contributed by atoms with Gasteiger partial charge in [-0.1, -0.05) is 176 Å². The van der Waals surface area contributed by atoms with Crippen LogP contribution in [0.5, 0.6) is 0 Å². The topological polar surface area (TPSA) is 29.3 Å². The summed E-state index contributed by atoms with van der Waals surface area (Å²) in [5, 5.41) is 5.09. The molecule has 0 bridgehead atoms. The summed E-state index contributed by atoms with van der Waals surface area (Å²) < 4.78 is 0. The maximum atomic E-state index is 6.28. The maximum absolute atomic E-state index is 6.28. The van der Waals surface area contributed by atoms with Gasteiger partial charge in [0.05, 0.1) is 5.70 Å². The van der Waals surface area contributed by atoms with E-state index in [9.17, 15) is 0 Å². The average molecular weight is 729 g/mol. The zero-order valence-corrected chi connectivity index (χ0v) is 31.7. The Hall–Kier alpha value is -7.42. The van der Waals surface area contributed by atoms with Crippen molar-refractivity contribution >= 4 is 32.9 Å². The van der Waals surface area contributed by atoms with Crippen LogP contribution in [0.25, 0.3) is 88.3 Å². The van der Waals surface area contributed by atoms with Crippen LogP contribution in [0.3, 0.4) is 0 Å². The predicted molar refractivity (Wildman–Crippen MR) is 243 cm³/mol. The highest BCUT2D eigenvalue weighted by molar-refractivity contribution is 6.28. The molecule has 9 aromatic rings. The van der Waals surface area contributed by atoms with Crippen LogP contribution in [0.4, 0.5) is 11.4 Å². The zero-order valence-electron chi connectivity index (χ0n) is 31.7. The van der Waals surface area contributed by atoms with Crippen molar-refractivity contribution in [3.05, 3.63) is 218 Å². The third-order valence-electron chi connectivity index (χ3n) is 11.4. The standard InChI is InChI=1S/C55H40N2/c1-2-15-44(36-56)57(42-30-26-38(27-31-42)37-16-6-3-7-17-37)43-32-28-39(29-33-43)45-34-35-50-53-46(45)24-14-25-49(53)54-51(40-18-8-4-9-19-40)47-22-12-13-23-48(47)52(55(50)54)41-20-10-5-11-21-41/h2-36H,56H2,1H3/b15-2-,44-36+. The molecule has 0 aliphatic heterocycles. The third kappa shape index (κ3) is 5.73. The Balaban J connectivity index is 1.13. The Kier molecular flexibility index (Phi) is 8.58. The van der Waals surface area contributed by atoms with E-state index < -0.39 is 0 Å². The first-order chi connectivity index (χ1) is 28.2. The van der Waals surface area contributed by atoms with Crippen molar-refractivity contribution in [2.45, 2.75) is 6.92 Å². The molecule has 2 heteroatoms. The number of fused-ring (bicyclic) bond motifs is 4. The lowest BCUT2D eigenvalue weighted by Crippen LogP contribution is -2.16. The summed E-state index contributed by atoms with van der Waals surface area (Å²) in [5.74, 6) is 0. The summed E-state index contributed by atoms with van der Waals surface area (Å²) in [6, 6.07) is 70.4. The second kappa shape index (κ2) is 14.3. The molecule has 57 heavy (non-hydrogen) atoms. The number of allylic oxidation sites excluding steroid dienone is 2. The molecule has 2 nitrogen and oxygen atoms in total. The average Bonchev–Trinajstić information content (AvgIpc) is 3.61. The van der Waals surface area contributed by atoms with Gasteiger partial charge in [-0.3, -0.25) is 0 Å². The van der Waals surface area contributed by atoms with E-state index in [1.54, 1.807) is 6.20 Å². The van der Waals surface area contributed by atoms with Gasteiger partial charge in [0, 0.05) is 17.6 Å². The Bertz CT molecular complexity index is 2890. The van der Waals surface area contributed by atoms with E-state index in [1.807, 2.05) is 19.1 Å². The van der Waals surface area contributed by atoms with Crippen LogP contribution in [0.2, 0.25) is 0 Å². The van der Waals surface area contributed by atoms with Gasteiger partial charge in [-0.15, -0.1) is 0 Å². The molecule has 0 unspecified atom stereocenters. The Morgan fingerprint density at radius 1 is 0.386 bits per heavy atom. The number of anilines is 2. The summed E-state index contributed by atoms with van der Waals surface area (Å²) in [4.78, 5) is 2.21. The molecular weight excluding hydrogens is 689 g/mol. The largest absolute Gasteiger partial charge is 0.403 e. The molecule has 0 amide bonds. The van der Waals surface area contributed by atoms with Gasteiger partial charge in [0.15, 0.2) is 0 Å². The summed E-state index contributed by atoms with van der Waals surface area (Å²) in [5.41, 5.74) is 24.2. The fraction of sp³-hybridized carbons (Fsp3) is 0.0182. The van der Waals surface area contributed by atoms with Crippen molar-refractivity contribution < 1.29 is 0 Å². The highest BCUT2D eigenvalue weighted by Crippen LogP contribution is 2.58. The van der Waals surface area contributed by atoms with Crippen molar-refractivity contribution in [1.82, 2.24) is 0 Å². The first-order valence-corrected chi connectivity index (χ1v) is 19.6. The molecule has 0 saturated heterocycles. The molecule has 0 saturated carbocycles. The smallest absolute Gasteiger partial charge is 0.0612 e. The summed E-state index contributed by atoms with van der Waals surface area (Å²) in [7, 11) is 0. The molecule has 0 radical (unpaired) electrons. The van der Waals surface area contributed by atoms with Crippen molar-refractivity contribution in [2.24, 2.45) is 5.73 Å². The third-order valence-corrected chi connectivity index (χ3v) is 11.4. The minimum Gasteiger partial charge on any atom is -0.403 e. The Morgan fingerprint density at radius 3 is 1.35 bits per heavy atom. The van der Waals surface area contributed by atoms with Gasteiger partial charge in [0.2, 0.25) is 0 Å². The zero-order chi connectivity index (χ0) is 38.3. The van der Waals surface area contributed by atoms with E-state index in [-0.39, 0.29) is 0 Å². The van der Waals surface area contributed by atoms with Crippen LogP contribution < -0.4 is 10.6 Å². The highest BCUT2D eigenvalue weighted by Gasteiger charge is 2.31. The van der Waals surface area contributed by atoms with Crippen molar-refractivity contribution in [3.8, 4) is 66.8 Å². The molecule has 2 N–H and O–H groups in total. The number of hydrogen-bond donors (Lipinski definition) is 1. The highest BCUT2D eigenvalue weighted by atomic mass is 15.1. The molecule has 270 valence electrons. The van der Waals surface area contributed by atoms with Crippen LogP contribution in [-0.4, -0.2) is 0 Å². The van der Waals surface area contributed by atoms with E-state index in [4.69, 9.17) is 5.73 Å². The molecule has 0 atom stereocenters. The summed E-state index contributed by atoms with van der Waals surface area (Å²) in [6.07, 6.45) is 5.76. The number of nitrogens with zero attached hydrogens (tertiary/aromatic N) is 1. The number of benzene rings is 9. The fourth-order valence-electron chi connectivity index (χ4n) is 8.91. The van der Waals surface area contributed by atoms with E-state index in [0.29, 0.717) is 0 Å². The van der Waals surface area contributed by atoms with Gasteiger partial charge in [-0.2, -0.15) is 0 Å². The van der Waals surface area contributed by atoms with E-state index in [0.717, 1.165) is 17.1 Å². The number of hydrogen-bond acceptors (Lipinski definition) is 2. The van der Waals surface area contributed by atoms with Gasteiger partial charge in [-0.05, 0) is 126 Å². The Labute approximate surface area is 334 Å². The van der Waals surface area contributed by atoms with E-state index in [2.05, 4.69) is 199 Å². The van der Waals surface area contributed by atoms with Crippen molar-refractivity contribution in [3.63, 3.8) is 0 Å². The quantitative estimate of drug-likeness (QED) is 0.158. The fourth-order valence-corrected chi connectivity index (χ4v) is 8.91. The molecule has 0 fully saturated rings. The lowest BCUT2D eigenvalue weighted by atomic mass is 9.82.